The molecule has 0 saturated heterocycles. The first kappa shape index (κ1) is 18.1. The Morgan fingerprint density at radius 3 is 2.65 bits per heavy atom. The van der Waals surface area contributed by atoms with Gasteiger partial charge in [-0.1, -0.05) is 49.7 Å². The second kappa shape index (κ2) is 8.61. The molecule has 1 aliphatic heterocycles. The number of nitrogens with zero attached hydrogens (tertiary/aromatic N) is 1. The smallest absolute Gasteiger partial charge is 0.319 e. The number of benzene rings is 2. The van der Waals surface area contributed by atoms with Crippen molar-refractivity contribution in [2.24, 2.45) is 11.7 Å². The molecule has 1 unspecified atom stereocenters. The SMILES string of the molecule is CCCC(CCc1ccccc1)CN(C(N)=O)c1cccc2c1OCO2. The zero-order valence-corrected chi connectivity index (χ0v) is 15.2. The number of primary amides is 1. The summed E-state index contributed by atoms with van der Waals surface area (Å²) in [5.41, 5.74) is 7.71. The first-order valence-corrected chi connectivity index (χ1v) is 9.18. The van der Waals surface area contributed by atoms with Crippen LogP contribution in [0, 0.1) is 5.92 Å². The number of hydrogen-bond donors (Lipinski definition) is 1. The van der Waals surface area contributed by atoms with Crippen molar-refractivity contribution >= 4 is 11.7 Å². The van der Waals surface area contributed by atoms with Crippen LogP contribution in [0.15, 0.2) is 48.5 Å². The molecule has 1 heterocycles. The molecule has 1 aliphatic rings. The van der Waals surface area contributed by atoms with Gasteiger partial charge in [-0.15, -0.1) is 0 Å². The molecule has 26 heavy (non-hydrogen) atoms. The van der Waals surface area contributed by atoms with Crippen LogP contribution in [0.4, 0.5) is 10.5 Å². The van der Waals surface area contributed by atoms with Crippen molar-refractivity contribution in [3.05, 3.63) is 54.1 Å². The van der Waals surface area contributed by atoms with E-state index in [4.69, 9.17) is 15.2 Å². The number of carbonyl (C=O) groups excluding carboxylic acids is 1. The number of anilines is 1. The van der Waals surface area contributed by atoms with Gasteiger partial charge in [-0.3, -0.25) is 4.90 Å². The van der Waals surface area contributed by atoms with Crippen molar-refractivity contribution in [3.8, 4) is 11.5 Å². The Labute approximate surface area is 154 Å². The number of fused-ring (bicyclic) bond motifs is 1. The summed E-state index contributed by atoms with van der Waals surface area (Å²) in [5.74, 6) is 1.63. The molecule has 1 atom stereocenters. The number of carbonyl (C=O) groups is 1. The minimum atomic E-state index is -0.463. The Morgan fingerprint density at radius 1 is 1.12 bits per heavy atom. The molecule has 138 valence electrons. The molecule has 3 rings (SSSR count). The fourth-order valence-corrected chi connectivity index (χ4v) is 3.44. The highest BCUT2D eigenvalue weighted by Crippen LogP contribution is 2.41. The lowest BCUT2D eigenvalue weighted by Gasteiger charge is -2.27. The average Bonchev–Trinajstić information content (AvgIpc) is 3.13. The molecule has 5 heteroatoms. The van der Waals surface area contributed by atoms with E-state index in [2.05, 4.69) is 31.2 Å². The standard InChI is InChI=1S/C21H26N2O3/c1-2-7-17(13-12-16-8-4-3-5-9-16)14-23(21(22)24)18-10-6-11-19-20(18)26-15-25-19/h3-6,8-11,17H,2,7,12-15H2,1H3,(H2,22,24). The van der Waals surface area contributed by atoms with E-state index in [1.165, 1.54) is 5.56 Å². The molecule has 5 nitrogen and oxygen atoms in total. The summed E-state index contributed by atoms with van der Waals surface area (Å²) < 4.78 is 11.0. The molecule has 0 fully saturated rings. The minimum absolute atomic E-state index is 0.172. The van der Waals surface area contributed by atoms with E-state index in [9.17, 15) is 4.79 Å². The first-order chi connectivity index (χ1) is 12.7. The number of nitrogens with two attached hydrogens (primary N) is 1. The monoisotopic (exact) mass is 354 g/mol. The molecular formula is C21H26N2O3. The summed E-state index contributed by atoms with van der Waals surface area (Å²) in [6.07, 6.45) is 4.11. The van der Waals surface area contributed by atoms with Gasteiger partial charge in [0.15, 0.2) is 11.5 Å². The van der Waals surface area contributed by atoms with Crippen LogP contribution in [0.25, 0.3) is 0 Å². The van der Waals surface area contributed by atoms with Crippen LogP contribution in [-0.2, 0) is 6.42 Å². The highest BCUT2D eigenvalue weighted by atomic mass is 16.7. The van der Waals surface area contributed by atoms with Crippen LogP contribution in [-0.4, -0.2) is 19.4 Å². The van der Waals surface area contributed by atoms with Crippen LogP contribution >= 0.6 is 0 Å². The Morgan fingerprint density at radius 2 is 1.92 bits per heavy atom. The molecule has 2 aromatic carbocycles. The maximum atomic E-state index is 12.2. The van der Waals surface area contributed by atoms with Crippen molar-refractivity contribution in [1.29, 1.82) is 0 Å². The van der Waals surface area contributed by atoms with E-state index in [1.807, 2.05) is 24.3 Å². The second-order valence-corrected chi connectivity index (χ2v) is 6.64. The van der Waals surface area contributed by atoms with Gasteiger partial charge in [-0.25, -0.2) is 4.79 Å². The van der Waals surface area contributed by atoms with E-state index < -0.39 is 6.03 Å². The maximum absolute atomic E-state index is 12.2. The summed E-state index contributed by atoms with van der Waals surface area (Å²) in [4.78, 5) is 13.8. The summed E-state index contributed by atoms with van der Waals surface area (Å²) in [6.45, 7) is 2.92. The van der Waals surface area contributed by atoms with E-state index in [0.717, 1.165) is 25.7 Å². The van der Waals surface area contributed by atoms with Crippen LogP contribution < -0.4 is 20.1 Å². The topological polar surface area (TPSA) is 64.8 Å². The predicted octanol–water partition coefficient (Wildman–Crippen LogP) is 4.35. The number of ether oxygens (including phenoxy) is 2. The molecule has 2 N–H and O–H groups in total. The van der Waals surface area contributed by atoms with Gasteiger partial charge >= 0.3 is 6.03 Å². The largest absolute Gasteiger partial charge is 0.454 e. The molecule has 2 amide bonds. The Kier molecular flexibility index (Phi) is 6.00. The number of hydrogen-bond acceptors (Lipinski definition) is 3. The number of urea groups is 1. The molecule has 0 aromatic heterocycles. The van der Waals surface area contributed by atoms with Crippen molar-refractivity contribution in [1.82, 2.24) is 0 Å². The van der Waals surface area contributed by atoms with Crippen molar-refractivity contribution < 1.29 is 14.3 Å². The van der Waals surface area contributed by atoms with Gasteiger partial charge < -0.3 is 15.2 Å². The third-order valence-corrected chi connectivity index (χ3v) is 4.75. The highest BCUT2D eigenvalue weighted by molar-refractivity contribution is 5.93. The predicted molar refractivity (Wildman–Crippen MR) is 103 cm³/mol. The number of para-hydroxylation sites is 1. The lowest BCUT2D eigenvalue weighted by molar-refractivity contribution is 0.174. The molecular weight excluding hydrogens is 328 g/mol. The van der Waals surface area contributed by atoms with E-state index in [0.29, 0.717) is 29.6 Å². The van der Waals surface area contributed by atoms with Crippen LogP contribution in [0.2, 0.25) is 0 Å². The maximum Gasteiger partial charge on any atom is 0.319 e. The van der Waals surface area contributed by atoms with Crippen molar-refractivity contribution in [3.63, 3.8) is 0 Å². The van der Waals surface area contributed by atoms with Gasteiger partial charge in [0.1, 0.15) is 0 Å². The number of rotatable bonds is 8. The van der Waals surface area contributed by atoms with Crippen LogP contribution in [0.3, 0.4) is 0 Å². The van der Waals surface area contributed by atoms with E-state index >= 15 is 0 Å². The second-order valence-electron chi connectivity index (χ2n) is 6.64. The molecule has 0 bridgehead atoms. The number of aryl methyl sites for hydroxylation is 1. The fraction of sp³-hybridized carbons (Fsp3) is 0.381. The zero-order chi connectivity index (χ0) is 18.4. The van der Waals surface area contributed by atoms with Gasteiger partial charge in [0.25, 0.3) is 0 Å². The third-order valence-electron chi connectivity index (χ3n) is 4.75. The van der Waals surface area contributed by atoms with Crippen LogP contribution in [0.5, 0.6) is 11.5 Å². The Hall–Kier alpha value is -2.69. The summed E-state index contributed by atoms with van der Waals surface area (Å²) in [5, 5.41) is 0. The zero-order valence-electron chi connectivity index (χ0n) is 15.2. The Balaban J connectivity index is 1.74. The lowest BCUT2D eigenvalue weighted by Crippen LogP contribution is -2.39. The third kappa shape index (κ3) is 4.28. The average molecular weight is 354 g/mol. The fourth-order valence-electron chi connectivity index (χ4n) is 3.44. The van der Waals surface area contributed by atoms with Crippen molar-refractivity contribution in [2.45, 2.75) is 32.6 Å². The van der Waals surface area contributed by atoms with E-state index in [-0.39, 0.29) is 6.79 Å². The van der Waals surface area contributed by atoms with Gasteiger partial charge in [0.2, 0.25) is 6.79 Å². The highest BCUT2D eigenvalue weighted by Gasteiger charge is 2.26. The molecule has 0 saturated carbocycles. The molecule has 0 aliphatic carbocycles. The minimum Gasteiger partial charge on any atom is -0.454 e. The van der Waals surface area contributed by atoms with Crippen LogP contribution in [0.1, 0.15) is 31.7 Å². The summed E-state index contributed by atoms with van der Waals surface area (Å²) in [6, 6.07) is 15.5. The van der Waals surface area contributed by atoms with Gasteiger partial charge in [0.05, 0.1) is 5.69 Å². The van der Waals surface area contributed by atoms with Gasteiger partial charge in [-0.05, 0) is 42.9 Å². The summed E-state index contributed by atoms with van der Waals surface area (Å²) >= 11 is 0. The first-order valence-electron chi connectivity index (χ1n) is 9.18. The van der Waals surface area contributed by atoms with Gasteiger partial charge in [0, 0.05) is 6.54 Å². The normalized spacial score (nSPS) is 13.4. The molecule has 0 spiro atoms. The quantitative estimate of drug-likeness (QED) is 0.766. The molecule has 2 aromatic rings. The summed E-state index contributed by atoms with van der Waals surface area (Å²) in [7, 11) is 0. The van der Waals surface area contributed by atoms with Crippen molar-refractivity contribution in [2.75, 3.05) is 18.2 Å². The van der Waals surface area contributed by atoms with Gasteiger partial charge in [-0.2, -0.15) is 0 Å². The Bertz CT molecular complexity index is 733. The molecule has 0 radical (unpaired) electrons. The van der Waals surface area contributed by atoms with E-state index in [1.54, 1.807) is 4.90 Å². The number of amides is 2. The lowest BCUT2D eigenvalue weighted by atomic mass is 9.94.